The maximum absolute atomic E-state index is 12.8. The van der Waals surface area contributed by atoms with Gasteiger partial charge in [0.25, 0.3) is 0 Å². The summed E-state index contributed by atoms with van der Waals surface area (Å²) in [5, 5.41) is 13.8. The minimum absolute atomic E-state index is 0.0777. The second-order valence-electron chi connectivity index (χ2n) is 15.7. The number of aliphatic hydroxyl groups is 1. The number of hydrogen-bond acceptors (Lipinski definition) is 5. The first-order valence-corrected chi connectivity index (χ1v) is 22.4. The summed E-state index contributed by atoms with van der Waals surface area (Å²) in [4.78, 5) is 23.0. The Morgan fingerprint density at radius 1 is 0.612 bits per heavy atom. The van der Waals surface area contributed by atoms with Crippen LogP contribution in [0.5, 0.6) is 0 Å². The number of unbranched alkanes of at least 4 members (excludes halogenated alkanes) is 25. The molecule has 0 aliphatic rings. The van der Waals surface area contributed by atoms with Gasteiger partial charge in [0.15, 0.2) is 0 Å². The molecule has 0 bridgehead atoms. The first kappa shape index (κ1) is 48.5. The van der Waals surface area contributed by atoms with Crippen molar-refractivity contribution in [1.29, 1.82) is 0 Å². The highest BCUT2D eigenvalue weighted by Crippen LogP contribution is 2.43. The number of hydrogen-bond donors (Lipinski definition) is 3. The molecule has 3 N–H and O–H groups in total. The van der Waals surface area contributed by atoms with Crippen LogP contribution in [0.2, 0.25) is 0 Å². The number of nitrogens with one attached hydrogen (secondary N) is 1. The highest BCUT2D eigenvalue weighted by molar-refractivity contribution is 7.47. The van der Waals surface area contributed by atoms with E-state index in [1.807, 2.05) is 21.1 Å². The van der Waals surface area contributed by atoms with Crippen LogP contribution in [-0.4, -0.2) is 73.4 Å². The van der Waals surface area contributed by atoms with Gasteiger partial charge in [-0.1, -0.05) is 181 Å². The van der Waals surface area contributed by atoms with Gasteiger partial charge in [-0.15, -0.1) is 0 Å². The zero-order valence-corrected chi connectivity index (χ0v) is 34.1. The van der Waals surface area contributed by atoms with Crippen LogP contribution in [0.15, 0.2) is 0 Å². The molecule has 0 aliphatic carbocycles. The highest BCUT2D eigenvalue weighted by atomic mass is 31.2. The molecule has 0 fully saturated rings. The second kappa shape index (κ2) is 33.3. The Morgan fingerprint density at radius 2 is 0.980 bits per heavy atom. The SMILES string of the molecule is CCCCCCCCCCCCCCCCCCCCCCC(=O)NC(COP(=O)(O)OCC[N+](C)(C)C)C(O)CCCCCCCCC. The topological polar surface area (TPSA) is 105 Å². The third-order valence-electron chi connectivity index (χ3n) is 9.61. The number of carbonyl (C=O) groups excluding carboxylic acids is 1. The largest absolute Gasteiger partial charge is 0.472 e. The molecule has 9 heteroatoms. The summed E-state index contributed by atoms with van der Waals surface area (Å²) in [5.74, 6) is -0.145. The van der Waals surface area contributed by atoms with Crippen molar-refractivity contribution in [2.45, 2.75) is 212 Å². The normalized spacial score (nSPS) is 14.5. The van der Waals surface area contributed by atoms with Crippen molar-refractivity contribution in [3.8, 4) is 0 Å². The average molecular weight is 720 g/mol. The molecule has 294 valence electrons. The Balaban J connectivity index is 4.15. The minimum Gasteiger partial charge on any atom is -0.391 e. The number of phosphoric ester groups is 1. The third-order valence-corrected chi connectivity index (χ3v) is 10.6. The van der Waals surface area contributed by atoms with Crippen LogP contribution in [0.3, 0.4) is 0 Å². The number of carbonyl (C=O) groups is 1. The Bertz CT molecular complexity index is 778. The van der Waals surface area contributed by atoms with Gasteiger partial charge in [0, 0.05) is 6.42 Å². The van der Waals surface area contributed by atoms with E-state index in [-0.39, 0.29) is 19.1 Å². The van der Waals surface area contributed by atoms with Gasteiger partial charge >= 0.3 is 7.82 Å². The first-order valence-electron chi connectivity index (χ1n) is 20.9. The number of quaternary nitrogens is 1. The van der Waals surface area contributed by atoms with E-state index in [0.717, 1.165) is 38.5 Å². The van der Waals surface area contributed by atoms with E-state index in [0.29, 0.717) is 23.9 Å². The molecule has 0 aromatic heterocycles. The molecule has 0 aliphatic heterocycles. The predicted molar refractivity (Wildman–Crippen MR) is 208 cm³/mol. The van der Waals surface area contributed by atoms with Crippen LogP contribution in [0, 0.1) is 0 Å². The van der Waals surface area contributed by atoms with E-state index < -0.39 is 20.0 Å². The number of rotatable bonds is 38. The molecule has 0 saturated heterocycles. The van der Waals surface area contributed by atoms with Gasteiger partial charge in [-0.2, -0.15) is 0 Å². The van der Waals surface area contributed by atoms with Gasteiger partial charge in [-0.25, -0.2) is 4.57 Å². The van der Waals surface area contributed by atoms with Crippen molar-refractivity contribution in [2.24, 2.45) is 0 Å². The molecule has 8 nitrogen and oxygen atoms in total. The number of aliphatic hydroxyl groups excluding tert-OH is 1. The maximum Gasteiger partial charge on any atom is 0.472 e. The molecular weight excluding hydrogens is 635 g/mol. The molecule has 0 heterocycles. The van der Waals surface area contributed by atoms with Gasteiger partial charge in [-0.3, -0.25) is 13.8 Å². The Kier molecular flexibility index (Phi) is 33.0. The zero-order valence-electron chi connectivity index (χ0n) is 33.2. The summed E-state index contributed by atoms with van der Waals surface area (Å²) < 4.78 is 23.5. The summed E-state index contributed by atoms with van der Waals surface area (Å²) >= 11 is 0. The van der Waals surface area contributed by atoms with Crippen LogP contribution in [0.1, 0.15) is 200 Å². The lowest BCUT2D eigenvalue weighted by Gasteiger charge is -2.26. The van der Waals surface area contributed by atoms with E-state index in [2.05, 4.69) is 19.2 Å². The van der Waals surface area contributed by atoms with E-state index in [1.54, 1.807) is 0 Å². The third kappa shape index (κ3) is 35.7. The fraction of sp³-hybridized carbons (Fsp3) is 0.975. The summed E-state index contributed by atoms with van der Waals surface area (Å²) in [6.45, 7) is 4.85. The monoisotopic (exact) mass is 720 g/mol. The second-order valence-corrected chi connectivity index (χ2v) is 17.2. The fourth-order valence-electron chi connectivity index (χ4n) is 6.22. The summed E-state index contributed by atoms with van der Waals surface area (Å²) in [5.41, 5.74) is 0. The van der Waals surface area contributed by atoms with Gasteiger partial charge in [-0.05, 0) is 12.8 Å². The molecule has 1 amide bonds. The maximum atomic E-state index is 12.8. The standard InChI is InChI=1S/C40H83N2O6P/c1-6-8-10-12-14-15-16-17-18-19-20-21-22-23-24-25-26-28-30-32-34-40(44)41-38(39(43)33-31-29-27-13-11-9-7-2)37-48-49(45,46)47-36-35-42(3,4)5/h38-39,43H,6-37H2,1-5H3,(H-,41,44,45,46)/p+1. The summed E-state index contributed by atoms with van der Waals surface area (Å²) in [6.07, 6.45) is 34.3. The molecular formula is C40H84N2O6P+. The zero-order chi connectivity index (χ0) is 36.5. The molecule has 3 unspecified atom stereocenters. The molecule has 0 aromatic rings. The van der Waals surface area contributed by atoms with Gasteiger partial charge in [0.05, 0.1) is 39.9 Å². The number of amides is 1. The van der Waals surface area contributed by atoms with Crippen molar-refractivity contribution < 1.29 is 32.9 Å². The van der Waals surface area contributed by atoms with Crippen LogP contribution in [-0.2, 0) is 18.4 Å². The molecule has 0 saturated carbocycles. The molecule has 0 spiro atoms. The number of nitrogens with zero attached hydrogens (tertiary/aromatic N) is 1. The Labute approximate surface area is 304 Å². The summed E-state index contributed by atoms with van der Waals surface area (Å²) in [7, 11) is 1.62. The lowest BCUT2D eigenvalue weighted by molar-refractivity contribution is -0.870. The van der Waals surface area contributed by atoms with E-state index in [4.69, 9.17) is 9.05 Å². The molecule has 0 rings (SSSR count). The van der Waals surface area contributed by atoms with Gasteiger partial charge in [0.1, 0.15) is 13.2 Å². The van der Waals surface area contributed by atoms with Crippen molar-refractivity contribution in [2.75, 3.05) is 40.9 Å². The van der Waals surface area contributed by atoms with Crippen molar-refractivity contribution >= 4 is 13.7 Å². The van der Waals surface area contributed by atoms with Crippen LogP contribution in [0.4, 0.5) is 0 Å². The lowest BCUT2D eigenvalue weighted by Crippen LogP contribution is -2.46. The minimum atomic E-state index is -4.29. The average Bonchev–Trinajstić information content (AvgIpc) is 3.04. The molecule has 0 radical (unpaired) electrons. The van der Waals surface area contributed by atoms with E-state index in [9.17, 15) is 19.4 Å². The van der Waals surface area contributed by atoms with Crippen LogP contribution >= 0.6 is 7.82 Å². The van der Waals surface area contributed by atoms with Gasteiger partial charge in [0.2, 0.25) is 5.91 Å². The highest BCUT2D eigenvalue weighted by Gasteiger charge is 2.28. The first-order chi connectivity index (χ1) is 23.5. The Morgan fingerprint density at radius 3 is 1.37 bits per heavy atom. The fourth-order valence-corrected chi connectivity index (χ4v) is 6.96. The predicted octanol–water partition coefficient (Wildman–Crippen LogP) is 11.0. The number of phosphoric acid groups is 1. The lowest BCUT2D eigenvalue weighted by atomic mass is 10.0. The van der Waals surface area contributed by atoms with Gasteiger partial charge < -0.3 is 19.8 Å². The summed E-state index contributed by atoms with van der Waals surface area (Å²) in [6, 6.07) is -0.750. The van der Waals surface area contributed by atoms with Crippen LogP contribution < -0.4 is 5.32 Å². The molecule has 49 heavy (non-hydrogen) atoms. The quantitative estimate of drug-likeness (QED) is 0.0333. The van der Waals surface area contributed by atoms with Crippen molar-refractivity contribution in [3.63, 3.8) is 0 Å². The molecule has 0 aromatic carbocycles. The van der Waals surface area contributed by atoms with Crippen LogP contribution in [0.25, 0.3) is 0 Å². The Hall–Kier alpha value is -0.500. The number of likely N-dealkylation sites (N-methyl/N-ethyl adjacent to an activating group) is 1. The van der Waals surface area contributed by atoms with E-state index >= 15 is 0 Å². The van der Waals surface area contributed by atoms with E-state index in [1.165, 1.54) is 135 Å². The van der Waals surface area contributed by atoms with Crippen molar-refractivity contribution in [1.82, 2.24) is 5.32 Å². The van der Waals surface area contributed by atoms with Crippen molar-refractivity contribution in [3.05, 3.63) is 0 Å². The molecule has 3 atom stereocenters. The smallest absolute Gasteiger partial charge is 0.391 e.